The molecule has 1 saturated heterocycles. The maximum absolute atomic E-state index is 12.7. The van der Waals surface area contributed by atoms with Crippen molar-refractivity contribution in [3.63, 3.8) is 0 Å². The van der Waals surface area contributed by atoms with Crippen LogP contribution in [0.15, 0.2) is 17.2 Å². The van der Waals surface area contributed by atoms with E-state index < -0.39 is 20.8 Å². The molecule has 8 heteroatoms. The van der Waals surface area contributed by atoms with Crippen molar-refractivity contribution in [1.82, 2.24) is 14.2 Å². The lowest BCUT2D eigenvalue weighted by molar-refractivity contribution is 0.438. The van der Waals surface area contributed by atoms with Gasteiger partial charge in [-0.05, 0) is 19.5 Å². The summed E-state index contributed by atoms with van der Waals surface area (Å²) in [6, 6.07) is 1.74. The first-order valence-electron chi connectivity index (χ1n) is 7.17. The third-order valence-corrected chi connectivity index (χ3v) is 6.70. The van der Waals surface area contributed by atoms with Gasteiger partial charge in [0.15, 0.2) is 0 Å². The van der Waals surface area contributed by atoms with E-state index in [-0.39, 0.29) is 0 Å². The Kier molecular flexibility index (Phi) is 5.59. The predicted molar refractivity (Wildman–Crippen MR) is 84.1 cm³/mol. The minimum atomic E-state index is -3.47. The van der Waals surface area contributed by atoms with Gasteiger partial charge >= 0.3 is 0 Å². The lowest BCUT2D eigenvalue weighted by atomic mass is 10.4. The summed E-state index contributed by atoms with van der Waals surface area (Å²) in [5, 5.41) is 3.06. The first-order valence-corrected chi connectivity index (χ1v) is 10.1. The molecule has 2 rings (SSSR count). The highest BCUT2D eigenvalue weighted by Crippen LogP contribution is 2.21. The first-order chi connectivity index (χ1) is 9.98. The van der Waals surface area contributed by atoms with Gasteiger partial charge < -0.3 is 9.88 Å². The molecule has 21 heavy (non-hydrogen) atoms. The number of hydrogen-bond donors (Lipinski definition) is 1. The van der Waals surface area contributed by atoms with Gasteiger partial charge in [-0.1, -0.05) is 6.92 Å². The van der Waals surface area contributed by atoms with Crippen molar-refractivity contribution >= 4 is 20.8 Å². The second-order valence-corrected chi connectivity index (χ2v) is 8.78. The monoisotopic (exact) mass is 333 g/mol. The number of aromatic nitrogens is 1. The molecule has 0 spiro atoms. The number of rotatable bonds is 6. The van der Waals surface area contributed by atoms with Crippen molar-refractivity contribution in [1.29, 1.82) is 0 Å². The number of hydrogen-bond acceptors (Lipinski definition) is 4. The van der Waals surface area contributed by atoms with Crippen molar-refractivity contribution in [2.45, 2.75) is 31.3 Å². The smallest absolute Gasteiger partial charge is 0.244 e. The Morgan fingerprint density at radius 2 is 2.00 bits per heavy atom. The van der Waals surface area contributed by atoms with Crippen LogP contribution < -0.4 is 5.32 Å². The zero-order valence-corrected chi connectivity index (χ0v) is 14.2. The molecule has 1 aliphatic rings. The van der Waals surface area contributed by atoms with Crippen LogP contribution in [0, 0.1) is 0 Å². The number of nitrogens with one attached hydrogen (secondary N) is 1. The van der Waals surface area contributed by atoms with E-state index in [1.807, 2.05) is 11.6 Å². The SMILES string of the molecule is CCCn1cc(S(=O)(=O)N2CCS(=O)CC2)cc1CNC. The van der Waals surface area contributed by atoms with Crippen molar-refractivity contribution in [2.75, 3.05) is 31.6 Å². The van der Waals surface area contributed by atoms with Gasteiger partial charge in [-0.25, -0.2) is 8.42 Å². The molecule has 0 aliphatic carbocycles. The summed E-state index contributed by atoms with van der Waals surface area (Å²) in [5.41, 5.74) is 0.971. The summed E-state index contributed by atoms with van der Waals surface area (Å²) in [4.78, 5) is 0.342. The number of aryl methyl sites for hydroxylation is 1. The van der Waals surface area contributed by atoms with Crippen molar-refractivity contribution in [3.05, 3.63) is 18.0 Å². The third-order valence-electron chi connectivity index (χ3n) is 3.56. The van der Waals surface area contributed by atoms with E-state index in [0.717, 1.165) is 18.7 Å². The van der Waals surface area contributed by atoms with Crippen LogP contribution in [-0.4, -0.2) is 53.1 Å². The van der Waals surface area contributed by atoms with E-state index >= 15 is 0 Å². The highest BCUT2D eigenvalue weighted by atomic mass is 32.2. The molecular formula is C13H23N3O3S2. The van der Waals surface area contributed by atoms with Gasteiger partial charge in [0, 0.05) is 60.4 Å². The summed E-state index contributed by atoms with van der Waals surface area (Å²) in [5.74, 6) is 0.858. The molecule has 0 aromatic carbocycles. The van der Waals surface area contributed by atoms with E-state index in [1.54, 1.807) is 12.3 Å². The zero-order chi connectivity index (χ0) is 15.5. The van der Waals surface area contributed by atoms with Crippen molar-refractivity contribution < 1.29 is 12.6 Å². The molecule has 120 valence electrons. The lowest BCUT2D eigenvalue weighted by Crippen LogP contribution is -2.41. The van der Waals surface area contributed by atoms with Gasteiger partial charge in [0.05, 0.1) is 0 Å². The van der Waals surface area contributed by atoms with Crippen LogP contribution >= 0.6 is 0 Å². The summed E-state index contributed by atoms with van der Waals surface area (Å²) in [6.45, 7) is 4.19. The maximum Gasteiger partial charge on any atom is 0.244 e. The van der Waals surface area contributed by atoms with Gasteiger partial charge in [-0.15, -0.1) is 0 Å². The normalized spacial score (nSPS) is 18.2. The Hall–Kier alpha value is -0.700. The Morgan fingerprint density at radius 3 is 2.57 bits per heavy atom. The maximum atomic E-state index is 12.7. The van der Waals surface area contributed by atoms with Gasteiger partial charge in [0.2, 0.25) is 10.0 Å². The van der Waals surface area contributed by atoms with Crippen LogP contribution in [0.25, 0.3) is 0 Å². The highest BCUT2D eigenvalue weighted by Gasteiger charge is 2.29. The van der Waals surface area contributed by atoms with Crippen LogP contribution in [0.3, 0.4) is 0 Å². The van der Waals surface area contributed by atoms with E-state index in [1.165, 1.54) is 4.31 Å². The highest BCUT2D eigenvalue weighted by molar-refractivity contribution is 7.89. The molecule has 0 radical (unpaired) electrons. The summed E-state index contributed by atoms with van der Waals surface area (Å²) >= 11 is 0. The van der Waals surface area contributed by atoms with Crippen LogP contribution in [0.1, 0.15) is 19.0 Å². The molecule has 2 heterocycles. The Morgan fingerprint density at radius 1 is 1.33 bits per heavy atom. The molecule has 0 saturated carbocycles. The molecule has 1 fully saturated rings. The van der Waals surface area contributed by atoms with E-state index in [2.05, 4.69) is 12.2 Å². The molecule has 1 aromatic heterocycles. The Balaban J connectivity index is 2.27. The van der Waals surface area contributed by atoms with Crippen LogP contribution in [0.5, 0.6) is 0 Å². The molecule has 1 N–H and O–H groups in total. The molecule has 6 nitrogen and oxygen atoms in total. The Bertz CT molecular complexity index is 577. The zero-order valence-electron chi connectivity index (χ0n) is 12.5. The fourth-order valence-electron chi connectivity index (χ4n) is 2.46. The predicted octanol–water partition coefficient (Wildman–Crippen LogP) is 0.371. The van der Waals surface area contributed by atoms with Gasteiger partial charge in [0.1, 0.15) is 4.90 Å². The quantitative estimate of drug-likeness (QED) is 0.816. The second-order valence-electron chi connectivity index (χ2n) is 5.14. The van der Waals surface area contributed by atoms with Gasteiger partial charge in [0.25, 0.3) is 0 Å². The number of sulfonamides is 1. The standard InChI is InChI=1S/C13H23N3O3S2/c1-3-4-15-11-13(9-12(15)10-14-2)21(18,19)16-5-7-20(17)8-6-16/h9,11,14H,3-8,10H2,1-2H3. The summed E-state index contributed by atoms with van der Waals surface area (Å²) in [6.07, 6.45) is 2.67. The Labute approximate surface area is 129 Å². The van der Waals surface area contributed by atoms with Crippen LogP contribution in [0.2, 0.25) is 0 Å². The summed E-state index contributed by atoms with van der Waals surface area (Å²) < 4.78 is 40.1. The van der Waals surface area contributed by atoms with E-state index in [9.17, 15) is 12.6 Å². The largest absolute Gasteiger partial charge is 0.349 e. The summed E-state index contributed by atoms with van der Waals surface area (Å²) in [7, 11) is -2.51. The second kappa shape index (κ2) is 7.04. The molecular weight excluding hydrogens is 310 g/mol. The molecule has 0 unspecified atom stereocenters. The minimum Gasteiger partial charge on any atom is -0.349 e. The van der Waals surface area contributed by atoms with Gasteiger partial charge in [-0.2, -0.15) is 4.31 Å². The molecule has 1 aliphatic heterocycles. The first kappa shape index (κ1) is 16.7. The fourth-order valence-corrected chi connectivity index (χ4v) is 5.25. The molecule has 0 atom stereocenters. The van der Waals surface area contributed by atoms with Crippen molar-refractivity contribution in [3.8, 4) is 0 Å². The average Bonchev–Trinajstić information content (AvgIpc) is 2.84. The lowest BCUT2D eigenvalue weighted by Gasteiger charge is -2.24. The van der Waals surface area contributed by atoms with E-state index in [0.29, 0.717) is 36.0 Å². The topological polar surface area (TPSA) is 71.4 Å². The molecule has 1 aromatic rings. The molecule has 0 bridgehead atoms. The van der Waals surface area contributed by atoms with Crippen LogP contribution in [-0.2, 0) is 33.9 Å². The van der Waals surface area contributed by atoms with E-state index in [4.69, 9.17) is 0 Å². The minimum absolute atomic E-state index is 0.342. The molecule has 0 amide bonds. The number of nitrogens with zero attached hydrogens (tertiary/aromatic N) is 2. The average molecular weight is 333 g/mol. The fraction of sp³-hybridized carbons (Fsp3) is 0.692. The van der Waals surface area contributed by atoms with Gasteiger partial charge in [-0.3, -0.25) is 4.21 Å². The third kappa shape index (κ3) is 3.74. The van der Waals surface area contributed by atoms with Crippen LogP contribution in [0.4, 0.5) is 0 Å². The van der Waals surface area contributed by atoms with Crippen molar-refractivity contribution in [2.24, 2.45) is 0 Å².